The number of anilines is 3. The van der Waals surface area contributed by atoms with E-state index in [0.29, 0.717) is 12.2 Å². The predicted molar refractivity (Wildman–Crippen MR) is 106 cm³/mol. The van der Waals surface area contributed by atoms with E-state index in [1.807, 2.05) is 0 Å². The molecule has 0 radical (unpaired) electrons. The molecule has 10 heteroatoms. The zero-order chi connectivity index (χ0) is 21.0. The number of amides is 2. The molecule has 2 heterocycles. The summed E-state index contributed by atoms with van der Waals surface area (Å²) in [7, 11) is 0. The van der Waals surface area contributed by atoms with Crippen molar-refractivity contribution >= 4 is 29.0 Å². The van der Waals surface area contributed by atoms with Gasteiger partial charge in [-0.25, -0.2) is 14.4 Å². The molecule has 0 unspecified atom stereocenters. The third kappa shape index (κ3) is 4.92. The molecule has 9 nitrogen and oxygen atoms in total. The largest absolute Gasteiger partial charge is 0.382 e. The van der Waals surface area contributed by atoms with E-state index in [1.54, 1.807) is 36.9 Å². The van der Waals surface area contributed by atoms with E-state index in [-0.39, 0.29) is 29.0 Å². The van der Waals surface area contributed by atoms with Gasteiger partial charge in [0.1, 0.15) is 5.82 Å². The topological polar surface area (TPSA) is 128 Å². The fourth-order valence-corrected chi connectivity index (χ4v) is 2.46. The van der Waals surface area contributed by atoms with Crippen LogP contribution in [0.1, 0.15) is 29.9 Å². The van der Waals surface area contributed by atoms with Crippen molar-refractivity contribution in [3.63, 3.8) is 0 Å². The molecule has 3 aromatic rings. The highest BCUT2D eigenvalue weighted by molar-refractivity contribution is 6.05. The zero-order valence-corrected chi connectivity index (χ0v) is 15.9. The predicted octanol–water partition coefficient (Wildman–Crippen LogP) is 2.29. The second-order valence-corrected chi connectivity index (χ2v) is 6.63. The average Bonchev–Trinajstić information content (AvgIpc) is 3.11. The Labute approximate surface area is 166 Å². The van der Waals surface area contributed by atoms with Gasteiger partial charge in [-0.3, -0.25) is 14.3 Å². The van der Waals surface area contributed by atoms with Crippen LogP contribution >= 0.6 is 0 Å². The molecule has 3 rings (SSSR count). The molecule has 150 valence electrons. The number of hydrogen-bond donors (Lipinski definition) is 3. The number of nitrogens with one attached hydrogen (secondary N) is 2. The van der Waals surface area contributed by atoms with Crippen LogP contribution in [-0.2, 0) is 11.3 Å². The van der Waals surface area contributed by atoms with Gasteiger partial charge < -0.3 is 16.4 Å². The SMILES string of the molecule is CC(C)C(=O)Nc1cc(Cn2cc(NC(=O)c3nccnc3N)cn2)ccc1F. The number of nitrogens with two attached hydrogens (primary N) is 1. The minimum atomic E-state index is -0.516. The molecule has 29 heavy (non-hydrogen) atoms. The molecule has 2 aromatic heterocycles. The number of aromatic nitrogens is 4. The molecular weight excluding hydrogens is 377 g/mol. The van der Waals surface area contributed by atoms with Gasteiger partial charge in [0, 0.05) is 24.5 Å². The number of benzene rings is 1. The summed E-state index contributed by atoms with van der Waals surface area (Å²) in [5, 5.41) is 9.38. The molecule has 0 aliphatic rings. The molecule has 0 atom stereocenters. The molecule has 0 fully saturated rings. The van der Waals surface area contributed by atoms with Crippen molar-refractivity contribution in [2.75, 3.05) is 16.4 Å². The summed E-state index contributed by atoms with van der Waals surface area (Å²) in [4.78, 5) is 31.8. The summed E-state index contributed by atoms with van der Waals surface area (Å²) < 4.78 is 15.5. The Hall–Kier alpha value is -3.82. The van der Waals surface area contributed by atoms with E-state index in [0.717, 1.165) is 5.56 Å². The normalized spacial score (nSPS) is 10.8. The van der Waals surface area contributed by atoms with Gasteiger partial charge in [0.15, 0.2) is 11.5 Å². The number of carbonyl (C=O) groups is 2. The average molecular weight is 397 g/mol. The van der Waals surface area contributed by atoms with Crippen LogP contribution in [0.15, 0.2) is 43.0 Å². The number of rotatable bonds is 6. The van der Waals surface area contributed by atoms with E-state index >= 15 is 0 Å². The smallest absolute Gasteiger partial charge is 0.278 e. The molecule has 0 bridgehead atoms. The van der Waals surface area contributed by atoms with Crippen LogP contribution in [0.2, 0.25) is 0 Å². The van der Waals surface area contributed by atoms with Gasteiger partial charge in [-0.2, -0.15) is 5.10 Å². The second kappa shape index (κ2) is 8.46. The fraction of sp³-hybridized carbons (Fsp3) is 0.211. The first kappa shape index (κ1) is 19.9. The molecule has 4 N–H and O–H groups in total. The van der Waals surface area contributed by atoms with Crippen LogP contribution in [0.5, 0.6) is 0 Å². The van der Waals surface area contributed by atoms with Gasteiger partial charge in [-0.05, 0) is 17.7 Å². The summed E-state index contributed by atoms with van der Waals surface area (Å²) in [5.41, 5.74) is 6.94. The molecule has 2 amide bonds. The number of halogens is 1. The van der Waals surface area contributed by atoms with Crippen LogP contribution in [-0.4, -0.2) is 31.6 Å². The number of carbonyl (C=O) groups excluding carboxylic acids is 2. The van der Waals surface area contributed by atoms with Gasteiger partial charge in [0.25, 0.3) is 5.91 Å². The number of nitrogens with zero attached hydrogens (tertiary/aromatic N) is 4. The lowest BCUT2D eigenvalue weighted by Crippen LogP contribution is -2.18. The van der Waals surface area contributed by atoms with Gasteiger partial charge in [0.05, 0.1) is 24.1 Å². The quantitative estimate of drug-likeness (QED) is 0.585. The first-order valence-electron chi connectivity index (χ1n) is 8.83. The fourth-order valence-electron chi connectivity index (χ4n) is 2.46. The highest BCUT2D eigenvalue weighted by Gasteiger charge is 2.14. The van der Waals surface area contributed by atoms with Gasteiger partial charge in [0.2, 0.25) is 5.91 Å². The van der Waals surface area contributed by atoms with Crippen LogP contribution < -0.4 is 16.4 Å². The monoisotopic (exact) mass is 397 g/mol. The summed E-state index contributed by atoms with van der Waals surface area (Å²) >= 11 is 0. The summed E-state index contributed by atoms with van der Waals surface area (Å²) in [6, 6.07) is 4.44. The Balaban J connectivity index is 1.69. The summed E-state index contributed by atoms with van der Waals surface area (Å²) in [6.07, 6.45) is 5.85. The third-order valence-electron chi connectivity index (χ3n) is 3.99. The summed E-state index contributed by atoms with van der Waals surface area (Å²) in [6.45, 7) is 3.77. The minimum absolute atomic E-state index is 0.0179. The lowest BCUT2D eigenvalue weighted by molar-refractivity contribution is -0.118. The standard InChI is InChI=1S/C19H20FN7O2/c1-11(2)18(28)26-15-7-12(3-4-14(15)20)9-27-10-13(8-24-27)25-19(29)16-17(21)23-6-5-22-16/h3-8,10-11H,9H2,1-2H3,(H2,21,23)(H,25,29)(H,26,28). The van der Waals surface area contributed by atoms with Crippen LogP contribution in [0.3, 0.4) is 0 Å². The maximum absolute atomic E-state index is 14.0. The van der Waals surface area contributed by atoms with E-state index in [2.05, 4.69) is 25.7 Å². The molecule has 0 spiro atoms. The van der Waals surface area contributed by atoms with Crippen LogP contribution in [0, 0.1) is 11.7 Å². The van der Waals surface area contributed by atoms with E-state index in [9.17, 15) is 14.0 Å². The maximum atomic E-state index is 14.0. The Morgan fingerprint density at radius 1 is 1.21 bits per heavy atom. The molecule has 0 aliphatic carbocycles. The van der Waals surface area contributed by atoms with Gasteiger partial charge in [-0.15, -0.1) is 0 Å². The molecule has 0 saturated heterocycles. The first-order valence-corrected chi connectivity index (χ1v) is 8.83. The van der Waals surface area contributed by atoms with Crippen LogP contribution in [0.25, 0.3) is 0 Å². The lowest BCUT2D eigenvalue weighted by atomic mass is 10.1. The molecule has 0 aliphatic heterocycles. The third-order valence-corrected chi connectivity index (χ3v) is 3.99. The van der Waals surface area contributed by atoms with Crippen molar-refractivity contribution in [3.05, 3.63) is 60.1 Å². The van der Waals surface area contributed by atoms with Crippen molar-refractivity contribution < 1.29 is 14.0 Å². The van der Waals surface area contributed by atoms with Crippen molar-refractivity contribution in [2.45, 2.75) is 20.4 Å². The van der Waals surface area contributed by atoms with Crippen molar-refractivity contribution in [3.8, 4) is 0 Å². The second-order valence-electron chi connectivity index (χ2n) is 6.63. The van der Waals surface area contributed by atoms with Crippen LogP contribution in [0.4, 0.5) is 21.6 Å². The first-order chi connectivity index (χ1) is 13.8. The van der Waals surface area contributed by atoms with Crippen molar-refractivity contribution in [1.29, 1.82) is 0 Å². The van der Waals surface area contributed by atoms with E-state index in [4.69, 9.17) is 5.73 Å². The lowest BCUT2D eigenvalue weighted by Gasteiger charge is -2.10. The van der Waals surface area contributed by atoms with E-state index in [1.165, 1.54) is 24.7 Å². The Kier molecular flexibility index (Phi) is 5.82. The highest BCUT2D eigenvalue weighted by Crippen LogP contribution is 2.18. The zero-order valence-electron chi connectivity index (χ0n) is 15.9. The Morgan fingerprint density at radius 2 is 1.97 bits per heavy atom. The molecule has 1 aromatic carbocycles. The van der Waals surface area contributed by atoms with Gasteiger partial charge in [-0.1, -0.05) is 19.9 Å². The molecular formula is C19H20FN7O2. The summed E-state index contributed by atoms with van der Waals surface area (Å²) in [5.74, 6) is -1.53. The Bertz CT molecular complexity index is 1050. The van der Waals surface area contributed by atoms with Gasteiger partial charge >= 0.3 is 0 Å². The maximum Gasteiger partial charge on any atom is 0.278 e. The van der Waals surface area contributed by atoms with Crippen molar-refractivity contribution in [1.82, 2.24) is 19.7 Å². The highest BCUT2D eigenvalue weighted by atomic mass is 19.1. The minimum Gasteiger partial charge on any atom is -0.382 e. The molecule has 0 saturated carbocycles. The number of hydrogen-bond acceptors (Lipinski definition) is 6. The Morgan fingerprint density at radius 3 is 2.69 bits per heavy atom. The number of nitrogen functional groups attached to an aromatic ring is 1. The van der Waals surface area contributed by atoms with E-state index < -0.39 is 11.7 Å². The van der Waals surface area contributed by atoms with Crippen molar-refractivity contribution in [2.24, 2.45) is 5.92 Å².